The summed E-state index contributed by atoms with van der Waals surface area (Å²) >= 11 is 0. The Morgan fingerprint density at radius 2 is 2.33 bits per heavy atom. The summed E-state index contributed by atoms with van der Waals surface area (Å²) in [6.45, 7) is 7.19. The lowest BCUT2D eigenvalue weighted by atomic mass is 10.1. The first kappa shape index (κ1) is 11.8. The monoisotopic (exact) mass is 210 g/mol. The van der Waals surface area contributed by atoms with Gasteiger partial charge in [0.25, 0.3) is 0 Å². The number of aryl methyl sites for hydroxylation is 1. The maximum absolute atomic E-state index is 11.1. The van der Waals surface area contributed by atoms with Gasteiger partial charge in [-0.1, -0.05) is 13.8 Å². The first-order chi connectivity index (χ1) is 7.25. The van der Waals surface area contributed by atoms with Gasteiger partial charge in [0.05, 0.1) is 25.3 Å². The normalized spacial score (nSPS) is 19.4. The zero-order valence-electron chi connectivity index (χ0n) is 9.56. The molecule has 4 heteroatoms. The molecule has 84 valence electrons. The SMILES string of the molecule is CC.Cc1cnn(CC2CCOC2=O)c1. The zero-order valence-corrected chi connectivity index (χ0v) is 9.56. The van der Waals surface area contributed by atoms with Crippen molar-refractivity contribution in [2.75, 3.05) is 6.61 Å². The second-order valence-corrected chi connectivity index (χ2v) is 3.39. The summed E-state index contributed by atoms with van der Waals surface area (Å²) in [5.74, 6) is -0.0903. The van der Waals surface area contributed by atoms with E-state index in [4.69, 9.17) is 4.74 Å². The molecule has 1 aliphatic rings. The summed E-state index contributed by atoms with van der Waals surface area (Å²) in [5.41, 5.74) is 1.12. The summed E-state index contributed by atoms with van der Waals surface area (Å²) in [4.78, 5) is 11.1. The van der Waals surface area contributed by atoms with Gasteiger partial charge in [-0.15, -0.1) is 0 Å². The van der Waals surface area contributed by atoms with Gasteiger partial charge < -0.3 is 4.74 Å². The molecule has 0 bridgehead atoms. The van der Waals surface area contributed by atoms with Crippen molar-refractivity contribution in [3.8, 4) is 0 Å². The van der Waals surface area contributed by atoms with Crippen molar-refractivity contribution in [2.24, 2.45) is 5.92 Å². The van der Waals surface area contributed by atoms with Crippen LogP contribution in [0.3, 0.4) is 0 Å². The van der Waals surface area contributed by atoms with Gasteiger partial charge in [-0.05, 0) is 18.9 Å². The van der Waals surface area contributed by atoms with Gasteiger partial charge in [-0.25, -0.2) is 0 Å². The molecule has 0 saturated carbocycles. The highest BCUT2D eigenvalue weighted by atomic mass is 16.5. The van der Waals surface area contributed by atoms with Crippen LogP contribution in [0.25, 0.3) is 0 Å². The van der Waals surface area contributed by atoms with Crippen molar-refractivity contribution in [2.45, 2.75) is 33.7 Å². The molecule has 1 aromatic rings. The van der Waals surface area contributed by atoms with Crippen molar-refractivity contribution in [1.82, 2.24) is 9.78 Å². The van der Waals surface area contributed by atoms with Crippen molar-refractivity contribution in [3.05, 3.63) is 18.0 Å². The van der Waals surface area contributed by atoms with Crippen LogP contribution in [-0.2, 0) is 16.1 Å². The summed E-state index contributed by atoms with van der Waals surface area (Å²) in [7, 11) is 0. The van der Waals surface area contributed by atoms with Crippen LogP contribution in [0.5, 0.6) is 0 Å². The lowest BCUT2D eigenvalue weighted by molar-refractivity contribution is -0.141. The number of nitrogens with zero attached hydrogens (tertiary/aromatic N) is 2. The number of esters is 1. The molecule has 15 heavy (non-hydrogen) atoms. The number of aromatic nitrogens is 2. The summed E-state index contributed by atoms with van der Waals surface area (Å²) in [6, 6.07) is 0. The first-order valence-corrected chi connectivity index (χ1v) is 5.41. The molecule has 0 N–H and O–H groups in total. The molecule has 0 spiro atoms. The Morgan fingerprint density at radius 3 is 2.80 bits per heavy atom. The predicted molar refractivity (Wildman–Crippen MR) is 57.4 cm³/mol. The van der Waals surface area contributed by atoms with Gasteiger partial charge in [0.15, 0.2) is 0 Å². The fraction of sp³-hybridized carbons (Fsp3) is 0.636. The third kappa shape index (κ3) is 3.08. The number of rotatable bonds is 2. The Morgan fingerprint density at radius 1 is 1.60 bits per heavy atom. The van der Waals surface area contributed by atoms with E-state index in [1.165, 1.54) is 0 Å². The van der Waals surface area contributed by atoms with Crippen molar-refractivity contribution in [3.63, 3.8) is 0 Å². The highest BCUT2D eigenvalue weighted by molar-refractivity contribution is 5.73. The number of hydrogen-bond donors (Lipinski definition) is 0. The maximum atomic E-state index is 11.1. The number of carbonyl (C=O) groups excluding carboxylic acids is 1. The third-order valence-corrected chi connectivity index (χ3v) is 2.21. The molecule has 2 heterocycles. The van der Waals surface area contributed by atoms with Gasteiger partial charge in [-0.3, -0.25) is 9.48 Å². The molecule has 1 unspecified atom stereocenters. The molecule has 1 fully saturated rings. The van der Waals surface area contributed by atoms with Crippen LogP contribution < -0.4 is 0 Å². The van der Waals surface area contributed by atoms with Crippen LogP contribution in [0, 0.1) is 12.8 Å². The van der Waals surface area contributed by atoms with E-state index in [0.717, 1.165) is 12.0 Å². The van der Waals surface area contributed by atoms with Crippen molar-refractivity contribution in [1.29, 1.82) is 0 Å². The van der Waals surface area contributed by atoms with Crippen LogP contribution in [0.2, 0.25) is 0 Å². The van der Waals surface area contributed by atoms with E-state index in [0.29, 0.717) is 13.2 Å². The number of cyclic esters (lactones) is 1. The smallest absolute Gasteiger partial charge is 0.310 e. The Kier molecular flexibility index (Phi) is 4.34. The average molecular weight is 210 g/mol. The number of hydrogen-bond acceptors (Lipinski definition) is 3. The van der Waals surface area contributed by atoms with Crippen molar-refractivity contribution < 1.29 is 9.53 Å². The maximum Gasteiger partial charge on any atom is 0.310 e. The molecular formula is C11H18N2O2. The minimum atomic E-state index is -0.0897. The van der Waals surface area contributed by atoms with Gasteiger partial charge in [0, 0.05) is 6.20 Å². The Hall–Kier alpha value is -1.32. The summed E-state index contributed by atoms with van der Waals surface area (Å²) in [6.07, 6.45) is 4.55. The van der Waals surface area contributed by atoms with E-state index in [-0.39, 0.29) is 11.9 Å². The van der Waals surface area contributed by atoms with Crippen LogP contribution in [0.15, 0.2) is 12.4 Å². The van der Waals surface area contributed by atoms with Gasteiger partial charge in [0.2, 0.25) is 0 Å². The van der Waals surface area contributed by atoms with Gasteiger partial charge in [0.1, 0.15) is 0 Å². The minimum Gasteiger partial charge on any atom is -0.465 e. The van der Waals surface area contributed by atoms with Crippen LogP contribution in [0.1, 0.15) is 25.8 Å². The molecule has 1 aromatic heterocycles. The third-order valence-electron chi connectivity index (χ3n) is 2.21. The Balaban J connectivity index is 0.000000531. The standard InChI is InChI=1S/C9H12N2O2.C2H6/c1-7-4-10-11(5-7)6-8-2-3-13-9(8)12;1-2/h4-5,8H,2-3,6H2,1H3;1-2H3. The predicted octanol–water partition coefficient (Wildman–Crippen LogP) is 1.78. The second-order valence-electron chi connectivity index (χ2n) is 3.39. The molecule has 0 aromatic carbocycles. The van der Waals surface area contributed by atoms with Gasteiger partial charge >= 0.3 is 5.97 Å². The fourth-order valence-corrected chi connectivity index (χ4v) is 1.50. The number of carbonyl (C=O) groups is 1. The van der Waals surface area contributed by atoms with E-state index in [1.54, 1.807) is 10.9 Å². The average Bonchev–Trinajstić information content (AvgIpc) is 2.81. The van der Waals surface area contributed by atoms with Crippen LogP contribution >= 0.6 is 0 Å². The highest BCUT2D eigenvalue weighted by Gasteiger charge is 2.26. The van der Waals surface area contributed by atoms with E-state index in [2.05, 4.69) is 5.10 Å². The van der Waals surface area contributed by atoms with Crippen LogP contribution in [-0.4, -0.2) is 22.4 Å². The largest absolute Gasteiger partial charge is 0.465 e. The fourth-order valence-electron chi connectivity index (χ4n) is 1.50. The Labute approximate surface area is 90.2 Å². The highest BCUT2D eigenvalue weighted by Crippen LogP contribution is 2.16. The van der Waals surface area contributed by atoms with Gasteiger partial charge in [-0.2, -0.15) is 5.10 Å². The molecule has 0 aliphatic carbocycles. The van der Waals surface area contributed by atoms with E-state index in [1.807, 2.05) is 27.0 Å². The summed E-state index contributed by atoms with van der Waals surface area (Å²) < 4.78 is 6.66. The lowest BCUT2D eigenvalue weighted by Crippen LogP contribution is -2.15. The topological polar surface area (TPSA) is 44.1 Å². The molecule has 0 amide bonds. The zero-order chi connectivity index (χ0) is 11.3. The molecule has 4 nitrogen and oxygen atoms in total. The second kappa shape index (κ2) is 5.53. The van der Waals surface area contributed by atoms with E-state index < -0.39 is 0 Å². The molecule has 1 aliphatic heterocycles. The summed E-state index contributed by atoms with van der Waals surface area (Å²) in [5, 5.41) is 4.12. The number of ether oxygens (including phenoxy) is 1. The van der Waals surface area contributed by atoms with E-state index in [9.17, 15) is 4.79 Å². The lowest BCUT2D eigenvalue weighted by Gasteiger charge is -2.04. The quantitative estimate of drug-likeness (QED) is 0.699. The minimum absolute atomic E-state index is 0.000648. The Bertz CT molecular complexity index is 320. The van der Waals surface area contributed by atoms with Crippen LogP contribution in [0.4, 0.5) is 0 Å². The van der Waals surface area contributed by atoms with Crippen molar-refractivity contribution >= 4 is 5.97 Å². The molecule has 1 atom stereocenters. The molecule has 2 rings (SSSR count). The first-order valence-electron chi connectivity index (χ1n) is 5.41. The molecular weight excluding hydrogens is 192 g/mol. The van der Waals surface area contributed by atoms with E-state index >= 15 is 0 Å². The molecule has 0 radical (unpaired) electrons. The molecule has 1 saturated heterocycles.